The molecule has 5 nitrogen and oxygen atoms in total. The highest BCUT2D eigenvalue weighted by molar-refractivity contribution is 5.47. The minimum Gasteiger partial charge on any atom is -0.365 e. The number of hydrogen-bond donors (Lipinski definition) is 1. The zero-order valence-corrected chi connectivity index (χ0v) is 11.5. The molecule has 1 fully saturated rings. The van der Waals surface area contributed by atoms with Crippen LogP contribution in [0.25, 0.3) is 0 Å². The second-order valence-electron chi connectivity index (χ2n) is 4.98. The van der Waals surface area contributed by atoms with Crippen LogP contribution in [0.15, 0.2) is 12.4 Å². The molecule has 0 aliphatic carbocycles. The Kier molecular flexibility index (Phi) is 5.10. The first-order valence-corrected chi connectivity index (χ1v) is 7.03. The maximum Gasteiger partial charge on any atom is 0.182 e. The largest absolute Gasteiger partial charge is 0.365 e. The van der Waals surface area contributed by atoms with Crippen LogP contribution in [-0.2, 0) is 0 Å². The number of piperidine rings is 1. The molecule has 1 aromatic heterocycles. The Hall–Kier alpha value is -1.67. The molecule has 102 valence electrons. The Morgan fingerprint density at radius 2 is 2.11 bits per heavy atom. The van der Waals surface area contributed by atoms with Gasteiger partial charge in [-0.15, -0.1) is 0 Å². The van der Waals surface area contributed by atoms with Crippen molar-refractivity contribution in [1.29, 1.82) is 5.26 Å². The summed E-state index contributed by atoms with van der Waals surface area (Å²) in [5, 5.41) is 12.3. The third-order valence-electron chi connectivity index (χ3n) is 3.56. The quantitative estimate of drug-likeness (QED) is 0.876. The summed E-state index contributed by atoms with van der Waals surface area (Å²) >= 11 is 0. The van der Waals surface area contributed by atoms with E-state index < -0.39 is 0 Å². The normalized spacial score (nSPS) is 17.1. The molecule has 0 radical (unpaired) electrons. The summed E-state index contributed by atoms with van der Waals surface area (Å²) in [5.74, 6) is 0.622. The molecule has 1 aromatic rings. The predicted molar refractivity (Wildman–Crippen MR) is 74.7 cm³/mol. The monoisotopic (exact) mass is 259 g/mol. The lowest BCUT2D eigenvalue weighted by Crippen LogP contribution is -2.39. The smallest absolute Gasteiger partial charge is 0.182 e. The molecule has 19 heavy (non-hydrogen) atoms. The lowest BCUT2D eigenvalue weighted by Gasteiger charge is -2.32. The third kappa shape index (κ3) is 3.90. The fourth-order valence-electron chi connectivity index (χ4n) is 2.40. The molecule has 1 aliphatic rings. The molecule has 1 saturated heterocycles. The van der Waals surface area contributed by atoms with Gasteiger partial charge in [0, 0.05) is 31.5 Å². The fourth-order valence-corrected chi connectivity index (χ4v) is 2.40. The Labute approximate surface area is 114 Å². The van der Waals surface area contributed by atoms with E-state index in [1.807, 2.05) is 0 Å². The first kappa shape index (κ1) is 13.8. The van der Waals surface area contributed by atoms with Gasteiger partial charge in [-0.2, -0.15) is 5.26 Å². The van der Waals surface area contributed by atoms with Gasteiger partial charge in [0.15, 0.2) is 11.5 Å². The Morgan fingerprint density at radius 1 is 1.37 bits per heavy atom. The molecule has 1 N–H and O–H groups in total. The number of nitrogens with one attached hydrogen (secondary N) is 1. The van der Waals surface area contributed by atoms with Crippen molar-refractivity contribution >= 4 is 5.82 Å². The van der Waals surface area contributed by atoms with Crippen LogP contribution in [-0.4, -0.2) is 40.5 Å². The molecule has 2 heterocycles. The lowest BCUT2D eigenvalue weighted by molar-refractivity contribution is 0.216. The molecule has 0 aromatic carbocycles. The summed E-state index contributed by atoms with van der Waals surface area (Å²) in [4.78, 5) is 10.7. The van der Waals surface area contributed by atoms with Crippen molar-refractivity contribution < 1.29 is 0 Å². The Balaban J connectivity index is 1.84. The number of rotatable bonds is 5. The van der Waals surface area contributed by atoms with Crippen molar-refractivity contribution in [3.8, 4) is 6.07 Å². The second kappa shape index (κ2) is 7.05. The minimum atomic E-state index is 0.385. The van der Waals surface area contributed by atoms with Crippen LogP contribution >= 0.6 is 0 Å². The summed E-state index contributed by atoms with van der Waals surface area (Å²) in [5.41, 5.74) is 0.385. The first-order chi connectivity index (χ1) is 9.33. The SMILES string of the molecule is CCCCN1CCC(Nc2nccnc2C#N)CC1. The Morgan fingerprint density at radius 3 is 2.79 bits per heavy atom. The number of nitriles is 1. The highest BCUT2D eigenvalue weighted by atomic mass is 15.1. The lowest BCUT2D eigenvalue weighted by atomic mass is 10.0. The van der Waals surface area contributed by atoms with E-state index >= 15 is 0 Å². The van der Waals surface area contributed by atoms with Gasteiger partial charge in [-0.25, -0.2) is 9.97 Å². The van der Waals surface area contributed by atoms with Crippen molar-refractivity contribution in [2.75, 3.05) is 25.0 Å². The molecular weight excluding hydrogens is 238 g/mol. The van der Waals surface area contributed by atoms with Crippen molar-refractivity contribution in [1.82, 2.24) is 14.9 Å². The third-order valence-corrected chi connectivity index (χ3v) is 3.56. The molecule has 0 atom stereocenters. The van der Waals surface area contributed by atoms with E-state index in [1.165, 1.54) is 19.4 Å². The van der Waals surface area contributed by atoms with E-state index in [0.717, 1.165) is 25.9 Å². The van der Waals surface area contributed by atoms with Crippen LogP contribution < -0.4 is 5.32 Å². The van der Waals surface area contributed by atoms with Gasteiger partial charge in [-0.05, 0) is 25.8 Å². The minimum absolute atomic E-state index is 0.385. The number of anilines is 1. The number of hydrogen-bond acceptors (Lipinski definition) is 5. The zero-order chi connectivity index (χ0) is 13.5. The van der Waals surface area contributed by atoms with Crippen LogP contribution in [0.5, 0.6) is 0 Å². The van der Waals surface area contributed by atoms with Crippen LogP contribution in [0.3, 0.4) is 0 Å². The highest BCUT2D eigenvalue weighted by Gasteiger charge is 2.19. The van der Waals surface area contributed by atoms with E-state index in [1.54, 1.807) is 12.4 Å². The van der Waals surface area contributed by atoms with Crippen LogP contribution in [0.2, 0.25) is 0 Å². The van der Waals surface area contributed by atoms with Crippen LogP contribution in [0.1, 0.15) is 38.3 Å². The molecule has 5 heteroatoms. The summed E-state index contributed by atoms with van der Waals surface area (Å²) < 4.78 is 0. The van der Waals surface area contributed by atoms with Crippen molar-refractivity contribution in [2.24, 2.45) is 0 Å². The fraction of sp³-hybridized carbons (Fsp3) is 0.643. The van der Waals surface area contributed by atoms with Crippen molar-refractivity contribution in [3.63, 3.8) is 0 Å². The maximum absolute atomic E-state index is 8.99. The molecule has 0 spiro atoms. The maximum atomic E-state index is 8.99. The van der Waals surface area contributed by atoms with Gasteiger partial charge in [0.1, 0.15) is 6.07 Å². The molecule has 2 rings (SSSR count). The molecular formula is C14H21N5. The first-order valence-electron chi connectivity index (χ1n) is 7.03. The van der Waals surface area contributed by atoms with Crippen molar-refractivity contribution in [3.05, 3.63) is 18.1 Å². The number of nitrogens with zero attached hydrogens (tertiary/aromatic N) is 4. The summed E-state index contributed by atoms with van der Waals surface area (Å²) in [6.45, 7) is 5.68. The van der Waals surface area contributed by atoms with Gasteiger partial charge < -0.3 is 10.2 Å². The molecule has 0 bridgehead atoms. The summed E-state index contributed by atoms with van der Waals surface area (Å²) in [6.07, 6.45) is 7.91. The van der Waals surface area contributed by atoms with Gasteiger partial charge in [0.2, 0.25) is 0 Å². The van der Waals surface area contributed by atoms with E-state index in [9.17, 15) is 0 Å². The van der Waals surface area contributed by atoms with Gasteiger partial charge in [-0.1, -0.05) is 13.3 Å². The second-order valence-corrected chi connectivity index (χ2v) is 4.98. The predicted octanol–water partition coefficient (Wildman–Crippen LogP) is 2.02. The van der Waals surface area contributed by atoms with E-state index in [0.29, 0.717) is 17.6 Å². The van der Waals surface area contributed by atoms with Gasteiger partial charge in [0.05, 0.1) is 0 Å². The topological polar surface area (TPSA) is 64.8 Å². The standard InChI is InChI=1S/C14H21N5/c1-2-3-8-19-9-4-12(5-10-19)18-14-13(11-15)16-6-7-17-14/h6-7,12H,2-5,8-10H2,1H3,(H,17,18). The molecule has 0 amide bonds. The zero-order valence-electron chi connectivity index (χ0n) is 11.5. The average molecular weight is 259 g/mol. The van der Waals surface area contributed by atoms with Gasteiger partial charge in [0.25, 0.3) is 0 Å². The van der Waals surface area contributed by atoms with E-state index in [-0.39, 0.29) is 0 Å². The number of unbranched alkanes of at least 4 members (excludes halogenated alkanes) is 1. The summed E-state index contributed by atoms with van der Waals surface area (Å²) in [7, 11) is 0. The van der Waals surface area contributed by atoms with E-state index in [4.69, 9.17) is 5.26 Å². The molecule has 1 aliphatic heterocycles. The number of aromatic nitrogens is 2. The van der Waals surface area contributed by atoms with Gasteiger partial charge in [-0.3, -0.25) is 0 Å². The van der Waals surface area contributed by atoms with E-state index in [2.05, 4.69) is 33.2 Å². The Bertz CT molecular complexity index is 432. The average Bonchev–Trinajstić information content (AvgIpc) is 2.47. The highest BCUT2D eigenvalue weighted by Crippen LogP contribution is 2.16. The van der Waals surface area contributed by atoms with Crippen LogP contribution in [0, 0.1) is 11.3 Å². The van der Waals surface area contributed by atoms with Gasteiger partial charge >= 0.3 is 0 Å². The number of likely N-dealkylation sites (tertiary alicyclic amines) is 1. The molecule has 0 unspecified atom stereocenters. The molecule has 0 saturated carbocycles. The van der Waals surface area contributed by atoms with Crippen LogP contribution in [0.4, 0.5) is 5.82 Å². The van der Waals surface area contributed by atoms with Crippen molar-refractivity contribution in [2.45, 2.75) is 38.6 Å². The summed E-state index contributed by atoms with van der Waals surface area (Å²) in [6, 6.07) is 2.48.